The van der Waals surface area contributed by atoms with E-state index in [2.05, 4.69) is 0 Å². The molecule has 6 nitrogen and oxygen atoms in total. The van der Waals surface area contributed by atoms with Crippen molar-refractivity contribution in [3.8, 4) is 0 Å². The Morgan fingerprint density at radius 2 is 1.63 bits per heavy atom. The van der Waals surface area contributed by atoms with E-state index in [9.17, 15) is 14.5 Å². The van der Waals surface area contributed by atoms with Crippen LogP contribution >= 0.6 is 7.60 Å². The maximum Gasteiger partial charge on any atom is 0.363 e. The number of rotatable bonds is 7. The van der Waals surface area contributed by atoms with Crippen molar-refractivity contribution in [1.29, 1.82) is 0 Å². The van der Waals surface area contributed by atoms with Crippen LogP contribution in [0.1, 0.15) is 56.4 Å². The molecule has 2 aromatic carbocycles. The summed E-state index contributed by atoms with van der Waals surface area (Å²) in [6, 6.07) is 10.3. The highest BCUT2D eigenvalue weighted by Crippen LogP contribution is 2.59. The van der Waals surface area contributed by atoms with Gasteiger partial charge in [-0.15, -0.1) is 0 Å². The number of benzene rings is 2. The molecule has 0 heterocycles. The molecule has 2 aromatic rings. The Kier molecular flexibility index (Phi) is 6.82. The lowest BCUT2D eigenvalue weighted by atomic mass is 10.0. The summed E-state index contributed by atoms with van der Waals surface area (Å²) in [7, 11) is -3.71. The van der Waals surface area contributed by atoms with Crippen molar-refractivity contribution in [1.82, 2.24) is 0 Å². The van der Waals surface area contributed by atoms with E-state index in [1.54, 1.807) is 71.0 Å². The highest BCUT2D eigenvalue weighted by Gasteiger charge is 2.35. The quantitative estimate of drug-likeness (QED) is 0.523. The minimum atomic E-state index is -3.71. The van der Waals surface area contributed by atoms with Crippen LogP contribution in [0.4, 0.5) is 0 Å². The van der Waals surface area contributed by atoms with Gasteiger partial charge in [-0.2, -0.15) is 0 Å². The summed E-state index contributed by atoms with van der Waals surface area (Å²) < 4.78 is 28.7. The topological polar surface area (TPSA) is 82.1 Å². The first-order valence-electron chi connectivity index (χ1n) is 8.93. The van der Waals surface area contributed by atoms with Gasteiger partial charge in [0.05, 0.1) is 18.8 Å². The molecule has 148 valence electrons. The second kappa shape index (κ2) is 8.53. The van der Waals surface area contributed by atoms with E-state index in [0.29, 0.717) is 11.1 Å². The lowest BCUT2D eigenvalue weighted by Gasteiger charge is -2.23. The van der Waals surface area contributed by atoms with Gasteiger partial charge in [0.25, 0.3) is 0 Å². The zero-order valence-corrected chi connectivity index (χ0v) is 17.3. The van der Waals surface area contributed by atoms with Gasteiger partial charge in [-0.05, 0) is 69.2 Å². The average molecular weight is 394 g/mol. The fourth-order valence-corrected chi connectivity index (χ4v) is 4.21. The molecule has 27 heavy (non-hydrogen) atoms. The van der Waals surface area contributed by atoms with Crippen molar-refractivity contribution in [3.63, 3.8) is 0 Å². The molecule has 2 rings (SSSR count). The SMILES string of the molecule is CCOP(=O)(OCC)[C@@H](O)c1ccc2ccc(C(=O)OC(C)(C)C)cc2c1. The number of hydrogen-bond acceptors (Lipinski definition) is 6. The van der Waals surface area contributed by atoms with E-state index in [1.165, 1.54) is 0 Å². The number of aliphatic hydroxyl groups excluding tert-OH is 1. The van der Waals surface area contributed by atoms with E-state index in [1.807, 2.05) is 0 Å². The van der Waals surface area contributed by atoms with E-state index in [4.69, 9.17) is 13.8 Å². The van der Waals surface area contributed by atoms with Gasteiger partial charge in [-0.3, -0.25) is 4.57 Å². The molecule has 0 saturated carbocycles. The molecule has 1 N–H and O–H groups in total. The molecular weight excluding hydrogens is 367 g/mol. The van der Waals surface area contributed by atoms with Crippen LogP contribution in [0, 0.1) is 0 Å². The maximum absolute atomic E-state index is 12.8. The molecule has 0 aliphatic rings. The third kappa shape index (κ3) is 5.39. The molecule has 0 radical (unpaired) electrons. The molecule has 0 saturated heterocycles. The lowest BCUT2D eigenvalue weighted by Crippen LogP contribution is -2.23. The zero-order chi connectivity index (χ0) is 20.2. The van der Waals surface area contributed by atoms with Crippen molar-refractivity contribution in [3.05, 3.63) is 47.5 Å². The van der Waals surface area contributed by atoms with Crippen molar-refractivity contribution in [2.24, 2.45) is 0 Å². The van der Waals surface area contributed by atoms with E-state index in [-0.39, 0.29) is 13.2 Å². The molecule has 0 aliphatic heterocycles. The van der Waals surface area contributed by atoms with E-state index >= 15 is 0 Å². The zero-order valence-electron chi connectivity index (χ0n) is 16.4. The molecule has 0 fully saturated rings. The minimum Gasteiger partial charge on any atom is -0.456 e. The Balaban J connectivity index is 2.40. The molecule has 7 heteroatoms. The van der Waals surface area contributed by atoms with Gasteiger partial charge < -0.3 is 18.9 Å². The maximum atomic E-state index is 12.8. The predicted molar refractivity (Wildman–Crippen MR) is 105 cm³/mol. The monoisotopic (exact) mass is 394 g/mol. The minimum absolute atomic E-state index is 0.157. The van der Waals surface area contributed by atoms with Gasteiger partial charge in [-0.25, -0.2) is 4.79 Å². The molecule has 0 aromatic heterocycles. The Hall–Kier alpha value is -1.72. The van der Waals surface area contributed by atoms with Gasteiger partial charge in [0, 0.05) is 0 Å². The van der Waals surface area contributed by atoms with Crippen LogP contribution in [0.5, 0.6) is 0 Å². The number of carbonyl (C=O) groups excluding carboxylic acids is 1. The van der Waals surface area contributed by atoms with Gasteiger partial charge in [0.2, 0.25) is 0 Å². The summed E-state index contributed by atoms with van der Waals surface area (Å²) >= 11 is 0. The number of esters is 1. The normalized spacial score (nSPS) is 13.6. The average Bonchev–Trinajstić information content (AvgIpc) is 2.59. The smallest absolute Gasteiger partial charge is 0.363 e. The Morgan fingerprint density at radius 3 is 2.19 bits per heavy atom. The molecular formula is C20H27O6P. The number of ether oxygens (including phenoxy) is 1. The van der Waals surface area contributed by atoms with E-state index in [0.717, 1.165) is 10.8 Å². The third-order valence-electron chi connectivity index (χ3n) is 3.71. The van der Waals surface area contributed by atoms with Crippen LogP contribution in [0.25, 0.3) is 10.8 Å². The van der Waals surface area contributed by atoms with E-state index < -0.39 is 25.0 Å². The first-order chi connectivity index (χ1) is 12.6. The summed E-state index contributed by atoms with van der Waals surface area (Å²) in [5.41, 5.74) is 0.210. The van der Waals surface area contributed by atoms with Crippen LogP contribution in [0.3, 0.4) is 0 Å². The van der Waals surface area contributed by atoms with Crippen LogP contribution < -0.4 is 0 Å². The van der Waals surface area contributed by atoms with Crippen molar-refractivity contribution in [2.75, 3.05) is 13.2 Å². The summed E-state index contributed by atoms with van der Waals surface area (Å²) in [4.78, 5) is 12.3. The largest absolute Gasteiger partial charge is 0.456 e. The molecule has 1 atom stereocenters. The summed E-state index contributed by atoms with van der Waals surface area (Å²) in [5.74, 6) is -1.84. The van der Waals surface area contributed by atoms with Crippen LogP contribution in [0.2, 0.25) is 0 Å². The number of hydrogen-bond donors (Lipinski definition) is 1. The van der Waals surface area contributed by atoms with Gasteiger partial charge in [0.1, 0.15) is 5.60 Å². The second-order valence-corrected chi connectivity index (χ2v) is 9.16. The molecule has 0 bridgehead atoms. The highest BCUT2D eigenvalue weighted by atomic mass is 31.2. The Bertz CT molecular complexity index is 845. The number of fused-ring (bicyclic) bond motifs is 1. The van der Waals surface area contributed by atoms with Crippen molar-refractivity contribution >= 4 is 24.3 Å². The molecule has 0 aliphatic carbocycles. The third-order valence-corrected chi connectivity index (χ3v) is 5.85. The first-order valence-corrected chi connectivity index (χ1v) is 10.5. The van der Waals surface area contributed by atoms with Gasteiger partial charge in [-0.1, -0.05) is 18.2 Å². The summed E-state index contributed by atoms with van der Waals surface area (Å²) in [6.07, 6.45) is 0. The van der Waals surface area contributed by atoms with Crippen LogP contribution in [-0.4, -0.2) is 29.9 Å². The van der Waals surface area contributed by atoms with Gasteiger partial charge >= 0.3 is 13.6 Å². The molecule has 0 unspecified atom stereocenters. The first kappa shape index (κ1) is 21.6. The number of carbonyl (C=O) groups is 1. The number of aliphatic hydroxyl groups is 1. The Labute approximate surface area is 160 Å². The summed E-state index contributed by atoms with van der Waals surface area (Å²) in [6.45, 7) is 9.10. The van der Waals surface area contributed by atoms with Crippen molar-refractivity contribution < 1.29 is 28.3 Å². The highest BCUT2D eigenvalue weighted by molar-refractivity contribution is 7.54. The van der Waals surface area contributed by atoms with Crippen LogP contribution in [0.15, 0.2) is 36.4 Å². The lowest BCUT2D eigenvalue weighted by molar-refractivity contribution is 0.00696. The predicted octanol–water partition coefficient (Wildman–Crippen LogP) is 5.05. The fourth-order valence-electron chi connectivity index (χ4n) is 2.61. The molecule has 0 spiro atoms. The van der Waals surface area contributed by atoms with Crippen molar-refractivity contribution in [2.45, 2.75) is 46.1 Å². The fraction of sp³-hybridized carbons (Fsp3) is 0.450. The standard InChI is InChI=1S/C20H27O6P/c1-6-24-27(23,25-7-2)19(22)16-11-9-14-8-10-15(12-17(14)13-16)18(21)26-20(3,4)5/h8-13,19,22H,6-7H2,1-5H3/t19-/m1/s1. The Morgan fingerprint density at radius 1 is 1.04 bits per heavy atom. The summed E-state index contributed by atoms with van der Waals surface area (Å²) in [5, 5.41) is 12.2. The molecule has 0 amide bonds. The van der Waals surface area contributed by atoms with Crippen LogP contribution in [-0.2, 0) is 18.3 Å². The second-order valence-electron chi connectivity index (χ2n) is 7.07. The van der Waals surface area contributed by atoms with Gasteiger partial charge in [0.15, 0.2) is 5.85 Å².